The number of rotatable bonds is 3. The summed E-state index contributed by atoms with van der Waals surface area (Å²) >= 11 is 6.84. The number of aryl methyl sites for hydroxylation is 1. The number of thiocarbonyl (C=S) groups is 1. The number of hydrogen-bond acceptors (Lipinski definition) is 6. The van der Waals surface area contributed by atoms with E-state index in [-0.39, 0.29) is 5.91 Å². The van der Waals surface area contributed by atoms with Gasteiger partial charge in [-0.1, -0.05) is 24.0 Å². The normalized spacial score (nSPS) is 20.3. The molecule has 2 aliphatic heterocycles. The molecule has 4 rings (SSSR count). The van der Waals surface area contributed by atoms with Crippen molar-refractivity contribution in [2.45, 2.75) is 6.92 Å². The molecule has 0 atom stereocenters. The molecule has 2 aliphatic rings. The number of aromatic nitrogens is 1. The minimum absolute atomic E-state index is 0.0637. The fraction of sp³-hybridized carbons (Fsp3) is 0.368. The summed E-state index contributed by atoms with van der Waals surface area (Å²) in [5, 5.41) is 4.65. The number of hydrazine groups is 1. The van der Waals surface area contributed by atoms with Crippen molar-refractivity contribution >= 4 is 51.2 Å². The van der Waals surface area contributed by atoms with Gasteiger partial charge >= 0.3 is 0 Å². The Morgan fingerprint density at radius 2 is 2.04 bits per heavy atom. The van der Waals surface area contributed by atoms with Crippen LogP contribution in [0.4, 0.5) is 0 Å². The number of benzene rings is 1. The summed E-state index contributed by atoms with van der Waals surface area (Å²) in [7, 11) is 3.69. The third kappa shape index (κ3) is 3.16. The Hall–Kier alpha value is -1.87. The van der Waals surface area contributed by atoms with Crippen molar-refractivity contribution in [3.05, 3.63) is 34.4 Å². The maximum absolute atomic E-state index is 13.0. The number of thioether (sulfide) groups is 1. The van der Waals surface area contributed by atoms with Crippen LogP contribution in [-0.4, -0.2) is 58.2 Å². The molecule has 0 saturated carbocycles. The first-order valence-electron chi connectivity index (χ1n) is 8.75. The summed E-state index contributed by atoms with van der Waals surface area (Å²) in [5.74, 6) is 0.731. The van der Waals surface area contributed by atoms with Crippen LogP contribution >= 0.6 is 24.0 Å². The third-order valence-electron chi connectivity index (χ3n) is 5.07. The minimum atomic E-state index is -0.0637. The maximum Gasteiger partial charge on any atom is 0.280 e. The molecule has 1 amide bonds. The van der Waals surface area contributed by atoms with Gasteiger partial charge in [0.25, 0.3) is 5.91 Å². The van der Waals surface area contributed by atoms with E-state index in [4.69, 9.17) is 21.7 Å². The molecule has 0 unspecified atom stereocenters. The average molecular weight is 404 g/mol. The van der Waals surface area contributed by atoms with Crippen LogP contribution in [0.5, 0.6) is 5.75 Å². The first-order valence-corrected chi connectivity index (χ1v) is 9.97. The zero-order valence-electron chi connectivity index (χ0n) is 15.5. The maximum atomic E-state index is 13.0. The number of carbonyl (C=O) groups is 1. The summed E-state index contributed by atoms with van der Waals surface area (Å²) < 4.78 is 13.5. The number of fused-ring (bicyclic) bond motifs is 1. The van der Waals surface area contributed by atoms with Gasteiger partial charge in [-0.3, -0.25) is 4.79 Å². The van der Waals surface area contributed by atoms with E-state index in [0.29, 0.717) is 35.5 Å². The quantitative estimate of drug-likeness (QED) is 0.580. The van der Waals surface area contributed by atoms with Crippen LogP contribution in [0, 0.1) is 6.92 Å². The number of ether oxygens (including phenoxy) is 2. The summed E-state index contributed by atoms with van der Waals surface area (Å²) in [6.45, 7) is 4.62. The molecule has 3 heterocycles. The highest BCUT2D eigenvalue weighted by molar-refractivity contribution is 8.26. The molecule has 2 fully saturated rings. The van der Waals surface area contributed by atoms with Crippen molar-refractivity contribution in [2.24, 2.45) is 7.05 Å². The molecule has 1 aromatic carbocycles. The molecular formula is C19H21N3O3S2. The number of amides is 1. The van der Waals surface area contributed by atoms with Gasteiger partial charge in [0.2, 0.25) is 0 Å². The molecule has 6 nitrogen and oxygen atoms in total. The predicted molar refractivity (Wildman–Crippen MR) is 112 cm³/mol. The lowest BCUT2D eigenvalue weighted by Crippen LogP contribution is -2.50. The molecule has 0 bridgehead atoms. The molecule has 1 aromatic heterocycles. The number of morpholine rings is 1. The van der Waals surface area contributed by atoms with Gasteiger partial charge in [-0.15, -0.1) is 0 Å². The van der Waals surface area contributed by atoms with Crippen molar-refractivity contribution in [1.29, 1.82) is 0 Å². The average Bonchev–Trinajstić information content (AvgIpc) is 3.10. The van der Waals surface area contributed by atoms with Gasteiger partial charge in [-0.2, -0.15) is 0 Å². The third-order valence-corrected chi connectivity index (χ3v) is 6.35. The molecule has 27 heavy (non-hydrogen) atoms. The first-order chi connectivity index (χ1) is 13.0. The van der Waals surface area contributed by atoms with Gasteiger partial charge in [-0.25, -0.2) is 10.0 Å². The Kier molecular flexibility index (Phi) is 4.98. The van der Waals surface area contributed by atoms with Gasteiger partial charge < -0.3 is 14.0 Å². The smallest absolute Gasteiger partial charge is 0.280 e. The Morgan fingerprint density at radius 3 is 2.74 bits per heavy atom. The van der Waals surface area contributed by atoms with Crippen LogP contribution in [0.25, 0.3) is 17.0 Å². The molecule has 2 saturated heterocycles. The number of nitrogens with zero attached hydrogens (tertiary/aromatic N) is 3. The lowest BCUT2D eigenvalue weighted by Gasteiger charge is -2.33. The van der Waals surface area contributed by atoms with Gasteiger partial charge in [0.1, 0.15) is 5.75 Å². The topological polar surface area (TPSA) is 46.9 Å². The fourth-order valence-corrected chi connectivity index (χ4v) is 4.77. The van der Waals surface area contributed by atoms with Crippen LogP contribution in [0.2, 0.25) is 0 Å². The molecule has 0 radical (unpaired) electrons. The van der Waals surface area contributed by atoms with Crippen molar-refractivity contribution in [3.8, 4) is 5.75 Å². The highest BCUT2D eigenvalue weighted by Crippen LogP contribution is 2.37. The zero-order chi connectivity index (χ0) is 19.1. The monoisotopic (exact) mass is 403 g/mol. The van der Waals surface area contributed by atoms with E-state index >= 15 is 0 Å². The summed E-state index contributed by atoms with van der Waals surface area (Å²) in [4.78, 5) is 13.7. The summed E-state index contributed by atoms with van der Waals surface area (Å²) in [6, 6.07) is 6.00. The van der Waals surface area contributed by atoms with Crippen molar-refractivity contribution < 1.29 is 14.3 Å². The Morgan fingerprint density at radius 1 is 1.30 bits per heavy atom. The lowest BCUT2D eigenvalue weighted by molar-refractivity contribution is -0.138. The van der Waals surface area contributed by atoms with Gasteiger partial charge in [-0.05, 0) is 31.2 Å². The summed E-state index contributed by atoms with van der Waals surface area (Å²) in [6.07, 6.45) is 1.96. The van der Waals surface area contributed by atoms with E-state index in [1.807, 2.05) is 36.3 Å². The second-order valence-electron chi connectivity index (χ2n) is 6.50. The van der Waals surface area contributed by atoms with Crippen LogP contribution in [-0.2, 0) is 16.6 Å². The molecule has 2 aromatic rings. The Labute approximate surface area is 167 Å². The standard InChI is InChI=1S/C19H21N3O3S2/c1-12-14(15-10-13(24-3)4-5-16(15)20(12)2)11-17-18(23)22(19(26)27-17)21-6-8-25-9-7-21/h4-5,10-11H,6-9H2,1-3H3. The largest absolute Gasteiger partial charge is 0.497 e. The van der Waals surface area contributed by atoms with Gasteiger partial charge in [0.05, 0.1) is 25.2 Å². The number of hydrogen-bond donors (Lipinski definition) is 0. The molecular weight excluding hydrogens is 382 g/mol. The van der Waals surface area contributed by atoms with E-state index < -0.39 is 0 Å². The second-order valence-corrected chi connectivity index (χ2v) is 8.18. The molecule has 8 heteroatoms. The molecule has 142 valence electrons. The van der Waals surface area contributed by atoms with E-state index in [1.165, 1.54) is 11.8 Å². The van der Waals surface area contributed by atoms with E-state index in [9.17, 15) is 4.79 Å². The first kappa shape index (κ1) is 18.5. The fourth-order valence-electron chi connectivity index (χ4n) is 3.48. The van der Waals surface area contributed by atoms with Gasteiger partial charge in [0, 0.05) is 42.3 Å². The highest BCUT2D eigenvalue weighted by atomic mass is 32.2. The van der Waals surface area contributed by atoms with Crippen LogP contribution in [0.15, 0.2) is 23.1 Å². The van der Waals surface area contributed by atoms with E-state index in [0.717, 1.165) is 27.9 Å². The van der Waals surface area contributed by atoms with Crippen LogP contribution in [0.1, 0.15) is 11.3 Å². The second kappa shape index (κ2) is 7.27. The lowest BCUT2D eigenvalue weighted by atomic mass is 10.1. The van der Waals surface area contributed by atoms with Crippen molar-refractivity contribution in [2.75, 3.05) is 33.4 Å². The van der Waals surface area contributed by atoms with Crippen molar-refractivity contribution in [3.63, 3.8) is 0 Å². The SMILES string of the molecule is COc1ccc2c(c1)c(C=C1SC(=S)N(N3CCOCC3)C1=O)c(C)n2C. The molecule has 0 aliphatic carbocycles. The Bertz CT molecular complexity index is 961. The number of carbonyl (C=O) groups excluding carboxylic acids is 1. The van der Waals surface area contributed by atoms with Crippen molar-refractivity contribution in [1.82, 2.24) is 14.6 Å². The molecule has 0 N–H and O–H groups in total. The highest BCUT2D eigenvalue weighted by Gasteiger charge is 2.37. The van der Waals surface area contributed by atoms with Crippen LogP contribution < -0.4 is 4.74 Å². The zero-order valence-corrected chi connectivity index (χ0v) is 17.2. The van der Waals surface area contributed by atoms with Gasteiger partial charge in [0.15, 0.2) is 4.32 Å². The number of methoxy groups -OCH3 is 1. The van der Waals surface area contributed by atoms with E-state index in [1.54, 1.807) is 12.1 Å². The Balaban J connectivity index is 1.74. The minimum Gasteiger partial charge on any atom is -0.497 e. The van der Waals surface area contributed by atoms with Crippen LogP contribution in [0.3, 0.4) is 0 Å². The predicted octanol–water partition coefficient (Wildman–Crippen LogP) is 2.94. The summed E-state index contributed by atoms with van der Waals surface area (Å²) in [5.41, 5.74) is 3.21. The molecule has 0 spiro atoms. The van der Waals surface area contributed by atoms with E-state index in [2.05, 4.69) is 11.5 Å².